The standard InChI is InChI=1S/C34H49N3O/c1-3-22-36-23-21-31-15-10-16-32(25-36)37(31)33(29-12-9-11-26(4-2)24-29)27-17-19-28(20-18-27)34(38)35-30-13-7-5-6-8-14-30/h3,9,11-12,17-19,24,28,30-33H,1,4-8,10,13-16,20-23,25H2,2H3,(H,35,38). The lowest BCUT2D eigenvalue weighted by molar-refractivity contribution is -0.124. The number of amides is 1. The highest BCUT2D eigenvalue weighted by molar-refractivity contribution is 5.81. The van der Waals surface area contributed by atoms with Gasteiger partial charge in [0, 0.05) is 37.8 Å². The van der Waals surface area contributed by atoms with E-state index in [1.165, 1.54) is 68.1 Å². The summed E-state index contributed by atoms with van der Waals surface area (Å²) in [6.07, 6.45) is 23.3. The summed E-state index contributed by atoms with van der Waals surface area (Å²) in [7, 11) is 0. The first-order chi connectivity index (χ1) is 18.7. The molecule has 1 aromatic rings. The molecule has 4 nitrogen and oxygen atoms in total. The molecule has 2 bridgehead atoms. The van der Waals surface area contributed by atoms with Crippen molar-refractivity contribution in [3.05, 3.63) is 71.8 Å². The molecule has 2 aliphatic heterocycles. The molecule has 0 aromatic heterocycles. The SMILES string of the molecule is C=CCN1CCC2CCCC(C1)N2C(C1=CCC(C(=O)NC2CCCCCC2)C=C1)c1cccc(CC)c1. The second kappa shape index (κ2) is 13.3. The summed E-state index contributed by atoms with van der Waals surface area (Å²) < 4.78 is 0. The molecule has 4 unspecified atom stereocenters. The van der Waals surface area contributed by atoms with Gasteiger partial charge in [0.25, 0.3) is 0 Å². The Morgan fingerprint density at radius 1 is 1.08 bits per heavy atom. The Hall–Kier alpha value is -2.17. The van der Waals surface area contributed by atoms with E-state index < -0.39 is 0 Å². The van der Waals surface area contributed by atoms with Crippen LogP contribution < -0.4 is 5.32 Å². The quantitative estimate of drug-likeness (QED) is 0.307. The fourth-order valence-corrected chi connectivity index (χ4v) is 7.44. The molecule has 206 valence electrons. The van der Waals surface area contributed by atoms with Crippen LogP contribution in [0.5, 0.6) is 0 Å². The smallest absolute Gasteiger partial charge is 0.227 e. The van der Waals surface area contributed by atoms with Crippen LogP contribution >= 0.6 is 0 Å². The maximum Gasteiger partial charge on any atom is 0.227 e. The Labute approximate surface area is 231 Å². The summed E-state index contributed by atoms with van der Waals surface area (Å²) in [4.78, 5) is 18.7. The van der Waals surface area contributed by atoms with Gasteiger partial charge in [0.1, 0.15) is 0 Å². The van der Waals surface area contributed by atoms with Crippen molar-refractivity contribution >= 4 is 5.91 Å². The van der Waals surface area contributed by atoms with Gasteiger partial charge >= 0.3 is 0 Å². The number of rotatable bonds is 8. The lowest BCUT2D eigenvalue weighted by Gasteiger charge is -2.46. The van der Waals surface area contributed by atoms with E-state index in [1.54, 1.807) is 0 Å². The van der Waals surface area contributed by atoms with Crippen LogP contribution in [0.1, 0.15) is 94.7 Å². The summed E-state index contributed by atoms with van der Waals surface area (Å²) in [6, 6.07) is 11.0. The van der Waals surface area contributed by atoms with Crippen LogP contribution in [-0.4, -0.2) is 53.5 Å². The Bertz CT molecular complexity index is 1000. The molecule has 4 atom stereocenters. The average Bonchev–Trinajstić information content (AvgIpc) is 3.25. The number of benzene rings is 1. The summed E-state index contributed by atoms with van der Waals surface area (Å²) >= 11 is 0. The lowest BCUT2D eigenvalue weighted by Crippen LogP contribution is -2.50. The number of hydrogen-bond acceptors (Lipinski definition) is 3. The molecule has 2 aliphatic carbocycles. The van der Waals surface area contributed by atoms with Gasteiger partial charge in [-0.05, 0) is 61.6 Å². The van der Waals surface area contributed by atoms with E-state index in [1.807, 2.05) is 0 Å². The second-order valence-electron chi connectivity index (χ2n) is 12.1. The van der Waals surface area contributed by atoms with E-state index in [-0.39, 0.29) is 17.9 Å². The molecule has 4 aliphatic rings. The molecular weight excluding hydrogens is 466 g/mol. The van der Waals surface area contributed by atoms with Crippen molar-refractivity contribution < 1.29 is 4.79 Å². The van der Waals surface area contributed by atoms with Gasteiger partial charge in [-0.2, -0.15) is 0 Å². The van der Waals surface area contributed by atoms with Gasteiger partial charge in [-0.1, -0.05) is 87.6 Å². The molecule has 2 saturated heterocycles. The fourth-order valence-electron chi connectivity index (χ4n) is 7.44. The third kappa shape index (κ3) is 6.51. The first-order valence-electron chi connectivity index (χ1n) is 15.5. The summed E-state index contributed by atoms with van der Waals surface area (Å²) in [5.41, 5.74) is 4.20. The van der Waals surface area contributed by atoms with Crippen LogP contribution in [0, 0.1) is 5.92 Å². The largest absolute Gasteiger partial charge is 0.353 e. The zero-order valence-corrected chi connectivity index (χ0v) is 23.6. The van der Waals surface area contributed by atoms with E-state index in [4.69, 9.17) is 0 Å². The van der Waals surface area contributed by atoms with Crippen LogP contribution in [0.3, 0.4) is 0 Å². The molecule has 1 N–H and O–H groups in total. The van der Waals surface area contributed by atoms with Gasteiger partial charge in [0.05, 0.1) is 12.0 Å². The Morgan fingerprint density at radius 3 is 2.63 bits per heavy atom. The lowest BCUT2D eigenvalue weighted by atomic mass is 9.84. The van der Waals surface area contributed by atoms with E-state index in [0.29, 0.717) is 18.1 Å². The number of nitrogens with zero attached hydrogens (tertiary/aromatic N) is 2. The van der Waals surface area contributed by atoms with E-state index >= 15 is 0 Å². The molecular formula is C34H49N3O. The van der Waals surface area contributed by atoms with Crippen molar-refractivity contribution in [3.63, 3.8) is 0 Å². The molecule has 38 heavy (non-hydrogen) atoms. The molecule has 3 fully saturated rings. The number of piperidine rings is 1. The van der Waals surface area contributed by atoms with Gasteiger partial charge in [-0.15, -0.1) is 6.58 Å². The summed E-state index contributed by atoms with van der Waals surface area (Å²) in [5.74, 6) is 0.177. The highest BCUT2D eigenvalue weighted by Crippen LogP contribution is 2.42. The summed E-state index contributed by atoms with van der Waals surface area (Å²) in [6.45, 7) is 9.53. The van der Waals surface area contributed by atoms with Crippen molar-refractivity contribution in [1.82, 2.24) is 15.1 Å². The van der Waals surface area contributed by atoms with Gasteiger partial charge < -0.3 is 5.32 Å². The zero-order chi connectivity index (χ0) is 26.3. The third-order valence-electron chi connectivity index (χ3n) is 9.51. The zero-order valence-electron chi connectivity index (χ0n) is 23.6. The van der Waals surface area contributed by atoms with Crippen molar-refractivity contribution in [2.24, 2.45) is 5.92 Å². The minimum absolute atomic E-state index is 0.0451. The van der Waals surface area contributed by atoms with E-state index in [2.05, 4.69) is 77.2 Å². The molecule has 0 spiro atoms. The van der Waals surface area contributed by atoms with Crippen molar-refractivity contribution in [2.75, 3.05) is 19.6 Å². The number of hydrogen-bond donors (Lipinski definition) is 1. The minimum atomic E-state index is -0.0451. The molecule has 5 rings (SSSR count). The van der Waals surface area contributed by atoms with Gasteiger partial charge in [-0.3, -0.25) is 14.6 Å². The van der Waals surface area contributed by atoms with Crippen LogP contribution in [0.2, 0.25) is 0 Å². The molecule has 1 aromatic carbocycles. The molecule has 2 heterocycles. The Morgan fingerprint density at radius 2 is 1.89 bits per heavy atom. The highest BCUT2D eigenvalue weighted by atomic mass is 16.1. The van der Waals surface area contributed by atoms with Crippen LogP contribution in [0.15, 0.2) is 60.7 Å². The maximum absolute atomic E-state index is 13.2. The number of carbonyl (C=O) groups is 1. The first-order valence-corrected chi connectivity index (χ1v) is 15.5. The number of nitrogens with one attached hydrogen (secondary N) is 1. The third-order valence-corrected chi connectivity index (χ3v) is 9.51. The van der Waals surface area contributed by atoms with E-state index in [0.717, 1.165) is 45.3 Å². The highest BCUT2D eigenvalue weighted by Gasteiger charge is 2.40. The van der Waals surface area contributed by atoms with Gasteiger partial charge in [-0.25, -0.2) is 0 Å². The van der Waals surface area contributed by atoms with Crippen molar-refractivity contribution in [1.29, 1.82) is 0 Å². The van der Waals surface area contributed by atoms with E-state index in [9.17, 15) is 4.79 Å². The number of carbonyl (C=O) groups excluding carboxylic acids is 1. The fraction of sp³-hybridized carbons (Fsp3) is 0.618. The van der Waals surface area contributed by atoms with Gasteiger partial charge in [0.2, 0.25) is 5.91 Å². The maximum atomic E-state index is 13.2. The van der Waals surface area contributed by atoms with Crippen LogP contribution in [0.4, 0.5) is 0 Å². The number of allylic oxidation sites excluding steroid dienone is 1. The predicted molar refractivity (Wildman–Crippen MR) is 158 cm³/mol. The topological polar surface area (TPSA) is 35.6 Å². The molecule has 0 radical (unpaired) electrons. The van der Waals surface area contributed by atoms with Crippen molar-refractivity contribution in [2.45, 2.75) is 108 Å². The van der Waals surface area contributed by atoms with Crippen LogP contribution in [-0.2, 0) is 11.2 Å². The van der Waals surface area contributed by atoms with Crippen LogP contribution in [0.25, 0.3) is 0 Å². The Balaban J connectivity index is 1.38. The van der Waals surface area contributed by atoms with Crippen molar-refractivity contribution in [3.8, 4) is 0 Å². The second-order valence-corrected chi connectivity index (χ2v) is 12.1. The number of aryl methyl sites for hydroxylation is 1. The average molecular weight is 516 g/mol. The summed E-state index contributed by atoms with van der Waals surface area (Å²) in [5, 5.41) is 3.40. The minimum Gasteiger partial charge on any atom is -0.353 e. The first kappa shape index (κ1) is 27.4. The molecule has 1 amide bonds. The monoisotopic (exact) mass is 515 g/mol. The van der Waals surface area contributed by atoms with Gasteiger partial charge in [0.15, 0.2) is 0 Å². The number of fused-ring (bicyclic) bond motifs is 2. The predicted octanol–water partition coefficient (Wildman–Crippen LogP) is 6.75. The molecule has 1 saturated carbocycles. The normalized spacial score (nSPS) is 28.1. The Kier molecular flexibility index (Phi) is 9.56. The molecule has 4 heteroatoms.